The molecule has 2 N–H and O–H groups in total. The van der Waals surface area contributed by atoms with Gasteiger partial charge in [-0.1, -0.05) is 24.3 Å². The van der Waals surface area contributed by atoms with Gasteiger partial charge in [0.05, 0.1) is 29.9 Å². The van der Waals surface area contributed by atoms with E-state index in [-0.39, 0.29) is 11.5 Å². The zero-order valence-corrected chi connectivity index (χ0v) is 16.1. The first-order valence-electron chi connectivity index (χ1n) is 9.17. The number of pyridine rings is 2. The average Bonchev–Trinajstić information content (AvgIpc) is 2.76. The van der Waals surface area contributed by atoms with E-state index in [0.717, 1.165) is 5.56 Å². The number of phenolic OH excluding ortho intramolecular Hbond substituents is 2. The highest BCUT2D eigenvalue weighted by molar-refractivity contribution is 5.73. The summed E-state index contributed by atoms with van der Waals surface area (Å²) in [5.74, 6) is 0.988. The maximum atomic E-state index is 10.4. The molecule has 29 heavy (non-hydrogen) atoms. The van der Waals surface area contributed by atoms with Crippen LogP contribution in [-0.4, -0.2) is 27.3 Å². The average molecular weight is 384 g/mol. The van der Waals surface area contributed by atoms with E-state index >= 15 is 0 Å². The van der Waals surface area contributed by atoms with E-state index in [2.05, 4.69) is 4.98 Å². The fraction of sp³-hybridized carbons (Fsp3) is 0.0833. The Kier molecular flexibility index (Phi) is 4.87. The normalized spacial score (nSPS) is 10.7. The molecule has 0 aliphatic rings. The lowest BCUT2D eigenvalue weighted by Gasteiger charge is -2.10. The third-order valence-corrected chi connectivity index (χ3v) is 4.75. The smallest absolute Gasteiger partial charge is 0.127 e. The number of aromatic nitrogens is 2. The van der Waals surface area contributed by atoms with Gasteiger partial charge in [-0.05, 0) is 61.0 Å². The van der Waals surface area contributed by atoms with Crippen molar-refractivity contribution in [1.29, 1.82) is 0 Å². The van der Waals surface area contributed by atoms with Crippen LogP contribution < -0.4 is 4.74 Å². The number of benzene rings is 2. The summed E-state index contributed by atoms with van der Waals surface area (Å²) in [7, 11) is 1.58. The highest BCUT2D eigenvalue weighted by Gasteiger charge is 2.12. The Hall–Kier alpha value is -3.86. The summed E-state index contributed by atoms with van der Waals surface area (Å²) in [5.41, 5.74) is 4.67. The van der Waals surface area contributed by atoms with Crippen molar-refractivity contribution in [2.75, 3.05) is 7.11 Å². The fourth-order valence-corrected chi connectivity index (χ4v) is 3.17. The van der Waals surface area contributed by atoms with E-state index in [4.69, 9.17) is 9.72 Å². The summed E-state index contributed by atoms with van der Waals surface area (Å²) >= 11 is 0. The summed E-state index contributed by atoms with van der Waals surface area (Å²) in [5, 5.41) is 20.6. The van der Waals surface area contributed by atoms with Gasteiger partial charge in [0.15, 0.2) is 0 Å². The van der Waals surface area contributed by atoms with Gasteiger partial charge in [-0.3, -0.25) is 0 Å². The van der Waals surface area contributed by atoms with Gasteiger partial charge in [-0.2, -0.15) is 0 Å². The second-order valence-electron chi connectivity index (χ2n) is 6.67. The van der Waals surface area contributed by atoms with Crippen molar-refractivity contribution in [3.05, 3.63) is 78.4 Å². The van der Waals surface area contributed by atoms with Crippen LogP contribution in [0.5, 0.6) is 17.2 Å². The molecule has 0 unspecified atom stereocenters. The second kappa shape index (κ2) is 7.64. The molecular formula is C24H20N2O3. The van der Waals surface area contributed by atoms with Crippen molar-refractivity contribution in [3.63, 3.8) is 0 Å². The number of nitrogens with zero attached hydrogens (tertiary/aromatic N) is 2. The Morgan fingerprint density at radius 1 is 0.690 bits per heavy atom. The summed E-state index contributed by atoms with van der Waals surface area (Å²) in [4.78, 5) is 9.38. The molecule has 0 radical (unpaired) electrons. The number of methoxy groups -OCH3 is 1. The second-order valence-corrected chi connectivity index (χ2v) is 6.67. The third kappa shape index (κ3) is 3.62. The molecule has 0 fully saturated rings. The predicted molar refractivity (Wildman–Crippen MR) is 113 cm³/mol. The van der Waals surface area contributed by atoms with Crippen molar-refractivity contribution in [1.82, 2.24) is 9.97 Å². The molecule has 2 heterocycles. The number of phenols is 2. The Morgan fingerprint density at radius 3 is 1.93 bits per heavy atom. The molecule has 2 aromatic heterocycles. The number of aromatic hydroxyl groups is 2. The molecule has 0 bridgehead atoms. The molecule has 0 amide bonds. The number of hydrogen-bond donors (Lipinski definition) is 2. The molecule has 0 aliphatic carbocycles. The maximum absolute atomic E-state index is 10.4. The molecule has 0 atom stereocenters. The number of aryl methyl sites for hydroxylation is 1. The molecular weight excluding hydrogens is 364 g/mol. The lowest BCUT2D eigenvalue weighted by molar-refractivity contribution is 0.412. The van der Waals surface area contributed by atoms with E-state index in [0.29, 0.717) is 39.7 Å². The molecule has 5 heteroatoms. The van der Waals surface area contributed by atoms with Gasteiger partial charge < -0.3 is 14.9 Å². The molecule has 0 aliphatic heterocycles. The van der Waals surface area contributed by atoms with Crippen LogP contribution in [0.4, 0.5) is 0 Å². The first kappa shape index (κ1) is 18.5. The Labute approximate surface area is 168 Å². The van der Waals surface area contributed by atoms with E-state index < -0.39 is 0 Å². The highest BCUT2D eigenvalue weighted by Crippen LogP contribution is 2.34. The largest absolute Gasteiger partial charge is 0.507 e. The van der Waals surface area contributed by atoms with Crippen molar-refractivity contribution in [3.8, 4) is 51.2 Å². The maximum Gasteiger partial charge on any atom is 0.127 e. The van der Waals surface area contributed by atoms with Crippen LogP contribution in [0, 0.1) is 6.92 Å². The van der Waals surface area contributed by atoms with Crippen molar-refractivity contribution >= 4 is 0 Å². The van der Waals surface area contributed by atoms with Crippen molar-refractivity contribution in [2.24, 2.45) is 0 Å². The minimum absolute atomic E-state index is 0.127. The molecule has 2 aromatic carbocycles. The van der Waals surface area contributed by atoms with Crippen molar-refractivity contribution in [2.45, 2.75) is 6.92 Å². The van der Waals surface area contributed by atoms with Crippen LogP contribution in [0.3, 0.4) is 0 Å². The molecule has 0 saturated heterocycles. The first-order chi connectivity index (χ1) is 14.1. The molecule has 5 nitrogen and oxygen atoms in total. The monoisotopic (exact) mass is 384 g/mol. The van der Waals surface area contributed by atoms with E-state index in [1.807, 2.05) is 61.5 Å². The summed E-state index contributed by atoms with van der Waals surface area (Å²) in [6.45, 7) is 1.86. The van der Waals surface area contributed by atoms with Gasteiger partial charge in [0.2, 0.25) is 0 Å². The van der Waals surface area contributed by atoms with Crippen LogP contribution in [0.25, 0.3) is 33.9 Å². The van der Waals surface area contributed by atoms with Crippen LogP contribution in [0.2, 0.25) is 0 Å². The standard InChI is InChI=1S/C24H20N2O3/c1-15-6-3-7-17(24(15)28)19-8-4-10-21(25-19)22-11-5-9-20(26-22)18-14-16(29-2)12-13-23(18)27/h3-14,27-28H,1-2H3. The van der Waals surface area contributed by atoms with E-state index in [1.165, 1.54) is 0 Å². The summed E-state index contributed by atoms with van der Waals surface area (Å²) in [6.07, 6.45) is 0. The zero-order chi connectivity index (χ0) is 20.4. The molecule has 0 saturated carbocycles. The fourth-order valence-electron chi connectivity index (χ4n) is 3.17. The van der Waals surface area contributed by atoms with Crippen LogP contribution in [0.1, 0.15) is 5.56 Å². The first-order valence-corrected chi connectivity index (χ1v) is 9.17. The van der Waals surface area contributed by atoms with Crippen molar-refractivity contribution < 1.29 is 14.9 Å². The van der Waals surface area contributed by atoms with Crippen LogP contribution >= 0.6 is 0 Å². The summed E-state index contributed by atoms with van der Waals surface area (Å²) < 4.78 is 5.26. The Balaban J connectivity index is 1.77. The van der Waals surface area contributed by atoms with Crippen LogP contribution in [-0.2, 0) is 0 Å². The lowest BCUT2D eigenvalue weighted by atomic mass is 10.1. The topological polar surface area (TPSA) is 75.5 Å². The highest BCUT2D eigenvalue weighted by atomic mass is 16.5. The molecule has 4 rings (SSSR count). The van der Waals surface area contributed by atoms with Gasteiger partial charge in [0, 0.05) is 11.1 Å². The minimum atomic E-state index is 0.127. The van der Waals surface area contributed by atoms with Gasteiger partial charge in [-0.15, -0.1) is 0 Å². The molecule has 4 aromatic rings. The Morgan fingerprint density at radius 2 is 1.28 bits per heavy atom. The summed E-state index contributed by atoms with van der Waals surface area (Å²) in [6, 6.07) is 21.8. The minimum Gasteiger partial charge on any atom is -0.507 e. The SMILES string of the molecule is COc1ccc(O)c(-c2cccc(-c3cccc(-c4cccc(C)c4O)n3)n2)c1. The van der Waals surface area contributed by atoms with Gasteiger partial charge >= 0.3 is 0 Å². The number of para-hydroxylation sites is 1. The van der Waals surface area contributed by atoms with E-state index in [9.17, 15) is 10.2 Å². The third-order valence-electron chi connectivity index (χ3n) is 4.75. The number of ether oxygens (including phenoxy) is 1. The quantitative estimate of drug-likeness (QED) is 0.505. The zero-order valence-electron chi connectivity index (χ0n) is 16.1. The van der Waals surface area contributed by atoms with Gasteiger partial charge in [-0.25, -0.2) is 9.97 Å². The predicted octanol–water partition coefficient (Wildman–Crippen LogP) is 5.21. The van der Waals surface area contributed by atoms with Gasteiger partial charge in [0.25, 0.3) is 0 Å². The van der Waals surface area contributed by atoms with Gasteiger partial charge in [0.1, 0.15) is 17.2 Å². The Bertz CT molecular complexity index is 1190. The van der Waals surface area contributed by atoms with Crippen LogP contribution in [0.15, 0.2) is 72.8 Å². The lowest BCUT2D eigenvalue weighted by Crippen LogP contribution is -1.93. The molecule has 144 valence electrons. The molecule has 0 spiro atoms. The number of hydrogen-bond acceptors (Lipinski definition) is 5. The number of rotatable bonds is 4. The van der Waals surface area contributed by atoms with E-state index in [1.54, 1.807) is 25.3 Å².